The van der Waals surface area contributed by atoms with E-state index < -0.39 is 0 Å². The summed E-state index contributed by atoms with van der Waals surface area (Å²) in [4.78, 5) is 0. The van der Waals surface area contributed by atoms with Crippen LogP contribution in [0.15, 0.2) is 30.3 Å². The molecule has 0 aliphatic carbocycles. The Balaban J connectivity index is 0.00000169. The van der Waals surface area contributed by atoms with E-state index in [1.807, 2.05) is 30.3 Å². The van der Waals surface area contributed by atoms with Crippen molar-refractivity contribution < 1.29 is 26.2 Å². The average Bonchev–Trinajstić information content (AvgIpc) is 2.04. The number of ether oxygens (including phenoxy) is 1. The number of quaternary nitrogens is 1. The fourth-order valence-electron chi connectivity index (χ4n) is 0.854. The minimum Gasteiger partial charge on any atom is -1.00 e. The molecule has 0 amide bonds. The zero-order chi connectivity index (χ0) is 9.90. The van der Waals surface area contributed by atoms with Crippen LogP contribution in [0.3, 0.4) is 0 Å². The minimum atomic E-state index is 0. The van der Waals surface area contributed by atoms with E-state index in [4.69, 9.17) is 4.74 Å². The molecule has 0 spiro atoms. The van der Waals surface area contributed by atoms with Gasteiger partial charge >= 0.3 is 0 Å². The van der Waals surface area contributed by atoms with E-state index in [1.165, 1.54) is 0 Å². The monoisotopic (exact) mass is 259 g/mol. The SMILES string of the molecule is CC(Oc1ccccc1)[N+](C)(C)C.[Br-]. The van der Waals surface area contributed by atoms with E-state index in [9.17, 15) is 0 Å². The van der Waals surface area contributed by atoms with Gasteiger partial charge < -0.3 is 21.7 Å². The van der Waals surface area contributed by atoms with Gasteiger partial charge in [-0.25, -0.2) is 0 Å². The molecule has 0 fully saturated rings. The molecule has 80 valence electrons. The third kappa shape index (κ3) is 4.11. The van der Waals surface area contributed by atoms with Crippen LogP contribution < -0.4 is 21.7 Å². The molecule has 3 heteroatoms. The van der Waals surface area contributed by atoms with E-state index in [0.717, 1.165) is 10.2 Å². The summed E-state index contributed by atoms with van der Waals surface area (Å²) >= 11 is 0. The highest BCUT2D eigenvalue weighted by atomic mass is 79.9. The summed E-state index contributed by atoms with van der Waals surface area (Å²) in [5.74, 6) is 0.933. The first-order valence-electron chi connectivity index (χ1n) is 4.53. The molecule has 0 radical (unpaired) electrons. The average molecular weight is 260 g/mol. The Hall–Kier alpha value is -0.540. The normalized spacial score (nSPS) is 12.9. The zero-order valence-electron chi connectivity index (χ0n) is 9.20. The maximum Gasteiger partial charge on any atom is 0.230 e. The Morgan fingerprint density at radius 2 is 1.57 bits per heavy atom. The summed E-state index contributed by atoms with van der Waals surface area (Å²) in [6, 6.07) is 9.91. The highest BCUT2D eigenvalue weighted by molar-refractivity contribution is 5.20. The van der Waals surface area contributed by atoms with E-state index in [-0.39, 0.29) is 23.2 Å². The summed E-state index contributed by atoms with van der Waals surface area (Å²) in [6.07, 6.45) is 0.169. The van der Waals surface area contributed by atoms with Crippen molar-refractivity contribution in [3.8, 4) is 5.75 Å². The summed E-state index contributed by atoms with van der Waals surface area (Å²) < 4.78 is 6.55. The first-order valence-corrected chi connectivity index (χ1v) is 4.53. The maximum atomic E-state index is 5.75. The van der Waals surface area contributed by atoms with Crippen LogP contribution in [0.2, 0.25) is 0 Å². The Morgan fingerprint density at radius 1 is 1.07 bits per heavy atom. The first kappa shape index (κ1) is 13.5. The number of benzene rings is 1. The number of hydrogen-bond acceptors (Lipinski definition) is 1. The lowest BCUT2D eigenvalue weighted by atomic mass is 10.3. The van der Waals surface area contributed by atoms with Crippen LogP contribution in [0.5, 0.6) is 5.75 Å². The van der Waals surface area contributed by atoms with Crippen molar-refractivity contribution in [2.24, 2.45) is 0 Å². The Bertz CT molecular complexity index is 256. The van der Waals surface area contributed by atoms with E-state index in [1.54, 1.807) is 0 Å². The third-order valence-corrected chi connectivity index (χ3v) is 2.14. The second-order valence-corrected chi connectivity index (χ2v) is 4.15. The number of nitrogens with zero attached hydrogens (tertiary/aromatic N) is 1. The second-order valence-electron chi connectivity index (χ2n) is 4.15. The van der Waals surface area contributed by atoms with Gasteiger partial charge in [-0.15, -0.1) is 0 Å². The number of halogens is 1. The lowest BCUT2D eigenvalue weighted by Crippen LogP contribution is -3.00. The maximum absolute atomic E-state index is 5.75. The smallest absolute Gasteiger partial charge is 0.230 e. The quantitative estimate of drug-likeness (QED) is 0.507. The third-order valence-electron chi connectivity index (χ3n) is 2.14. The highest BCUT2D eigenvalue weighted by Gasteiger charge is 2.19. The molecule has 1 unspecified atom stereocenters. The lowest BCUT2D eigenvalue weighted by Gasteiger charge is -2.31. The van der Waals surface area contributed by atoms with Crippen molar-refractivity contribution >= 4 is 0 Å². The van der Waals surface area contributed by atoms with Crippen LogP contribution in [-0.4, -0.2) is 31.9 Å². The van der Waals surface area contributed by atoms with E-state index in [2.05, 4.69) is 28.1 Å². The van der Waals surface area contributed by atoms with E-state index >= 15 is 0 Å². The fourth-order valence-corrected chi connectivity index (χ4v) is 0.854. The molecule has 1 aromatic carbocycles. The molecule has 0 aliphatic rings. The van der Waals surface area contributed by atoms with Gasteiger partial charge in [0.2, 0.25) is 6.23 Å². The fraction of sp³-hybridized carbons (Fsp3) is 0.455. The molecule has 1 aromatic rings. The number of rotatable bonds is 3. The first-order chi connectivity index (χ1) is 6.00. The van der Waals surface area contributed by atoms with Crippen LogP contribution >= 0.6 is 0 Å². The topological polar surface area (TPSA) is 9.23 Å². The van der Waals surface area contributed by atoms with Crippen LogP contribution in [0.4, 0.5) is 0 Å². The molecule has 0 saturated heterocycles. The highest BCUT2D eigenvalue weighted by Crippen LogP contribution is 2.13. The molecule has 0 aliphatic heterocycles. The summed E-state index contributed by atoms with van der Waals surface area (Å²) in [5.41, 5.74) is 0. The summed E-state index contributed by atoms with van der Waals surface area (Å²) in [6.45, 7) is 2.08. The van der Waals surface area contributed by atoms with Gasteiger partial charge in [0.1, 0.15) is 5.75 Å². The largest absolute Gasteiger partial charge is 1.00 e. The van der Waals surface area contributed by atoms with Gasteiger partial charge in [0.25, 0.3) is 0 Å². The van der Waals surface area contributed by atoms with Crippen molar-refractivity contribution in [3.63, 3.8) is 0 Å². The van der Waals surface area contributed by atoms with Crippen LogP contribution in [0, 0.1) is 0 Å². The second kappa shape index (κ2) is 5.37. The van der Waals surface area contributed by atoms with E-state index in [0.29, 0.717) is 0 Å². The molecule has 2 nitrogen and oxygen atoms in total. The Morgan fingerprint density at radius 3 is 2.00 bits per heavy atom. The van der Waals surface area contributed by atoms with Gasteiger partial charge in [-0.3, -0.25) is 4.48 Å². The number of para-hydroxylation sites is 1. The molecule has 0 N–H and O–H groups in total. The van der Waals surface area contributed by atoms with Crippen molar-refractivity contribution in [2.75, 3.05) is 21.1 Å². The van der Waals surface area contributed by atoms with Crippen molar-refractivity contribution in [1.82, 2.24) is 0 Å². The predicted molar refractivity (Wildman–Crippen MR) is 54.6 cm³/mol. The van der Waals surface area contributed by atoms with Gasteiger partial charge in [-0.05, 0) is 12.1 Å². The van der Waals surface area contributed by atoms with Crippen LogP contribution in [0.1, 0.15) is 6.92 Å². The van der Waals surface area contributed by atoms with Crippen molar-refractivity contribution in [1.29, 1.82) is 0 Å². The molecule has 1 atom stereocenters. The summed E-state index contributed by atoms with van der Waals surface area (Å²) in [5, 5.41) is 0. The van der Waals surface area contributed by atoms with Gasteiger partial charge in [0.05, 0.1) is 21.1 Å². The Labute approximate surface area is 96.9 Å². The van der Waals surface area contributed by atoms with Gasteiger partial charge in [0.15, 0.2) is 0 Å². The molecule has 0 aromatic heterocycles. The predicted octanol–water partition coefficient (Wildman–Crippen LogP) is -0.878. The zero-order valence-corrected chi connectivity index (χ0v) is 10.8. The minimum absolute atomic E-state index is 0. The van der Waals surface area contributed by atoms with Crippen LogP contribution in [0.25, 0.3) is 0 Å². The van der Waals surface area contributed by atoms with Gasteiger partial charge in [-0.2, -0.15) is 0 Å². The van der Waals surface area contributed by atoms with Crippen molar-refractivity contribution in [2.45, 2.75) is 13.2 Å². The molecule has 0 heterocycles. The van der Waals surface area contributed by atoms with Gasteiger partial charge in [-0.1, -0.05) is 18.2 Å². The number of hydrogen-bond donors (Lipinski definition) is 0. The molecule has 1 rings (SSSR count). The summed E-state index contributed by atoms with van der Waals surface area (Å²) in [7, 11) is 6.36. The molecule has 0 saturated carbocycles. The lowest BCUT2D eigenvalue weighted by molar-refractivity contribution is -0.912. The molecule has 14 heavy (non-hydrogen) atoms. The van der Waals surface area contributed by atoms with Crippen LogP contribution in [-0.2, 0) is 0 Å². The van der Waals surface area contributed by atoms with Crippen molar-refractivity contribution in [3.05, 3.63) is 30.3 Å². The Kier molecular flexibility index (Phi) is 5.16. The molecular weight excluding hydrogens is 242 g/mol. The molecular formula is C11H18BrNO. The standard InChI is InChI=1S/C11H18NO.BrH/c1-10(12(2,3)4)13-11-8-6-5-7-9-11;/h5-10H,1-4H3;1H/q+1;/p-1. The molecule has 0 bridgehead atoms. The van der Waals surface area contributed by atoms with Gasteiger partial charge in [0, 0.05) is 6.92 Å².